The van der Waals surface area contributed by atoms with Crippen LogP contribution in [0.25, 0.3) is 0 Å². The van der Waals surface area contributed by atoms with E-state index in [-0.39, 0.29) is 18.2 Å². The minimum Gasteiger partial charge on any atom is -0.481 e. The highest BCUT2D eigenvalue weighted by molar-refractivity contribution is 5.68. The number of carbonyl (C=O) groups is 1. The maximum absolute atomic E-state index is 10.7. The number of anilines is 1. The van der Waals surface area contributed by atoms with Crippen molar-refractivity contribution >= 4 is 17.3 Å². The van der Waals surface area contributed by atoms with E-state index >= 15 is 0 Å². The molecule has 6 heteroatoms. The molecule has 0 bridgehead atoms. The molecule has 1 rings (SSSR count). The summed E-state index contributed by atoms with van der Waals surface area (Å²) in [6, 6.07) is 5.86. The number of hydrogen-bond acceptors (Lipinski definition) is 4. The number of non-ortho nitro benzene ring substituents is 1. The maximum atomic E-state index is 10.7. The molecule has 1 atom stereocenters. The van der Waals surface area contributed by atoms with Crippen molar-refractivity contribution < 1.29 is 14.8 Å². The summed E-state index contributed by atoms with van der Waals surface area (Å²) in [7, 11) is 0. The van der Waals surface area contributed by atoms with E-state index in [4.69, 9.17) is 5.11 Å². The third-order valence-electron chi connectivity index (χ3n) is 2.49. The van der Waals surface area contributed by atoms with Gasteiger partial charge < -0.3 is 10.4 Å². The van der Waals surface area contributed by atoms with E-state index in [1.54, 1.807) is 12.1 Å². The fourth-order valence-electron chi connectivity index (χ4n) is 1.73. The molecule has 98 valence electrons. The summed E-state index contributed by atoms with van der Waals surface area (Å²) in [5.41, 5.74) is 0.564. The Morgan fingerprint density at radius 1 is 1.56 bits per heavy atom. The molecule has 0 amide bonds. The zero-order valence-electron chi connectivity index (χ0n) is 10.1. The van der Waals surface area contributed by atoms with E-state index in [1.807, 2.05) is 6.92 Å². The Balaban J connectivity index is 2.76. The van der Waals surface area contributed by atoms with Crippen molar-refractivity contribution in [1.82, 2.24) is 0 Å². The van der Waals surface area contributed by atoms with Gasteiger partial charge in [-0.25, -0.2) is 0 Å². The Bertz CT molecular complexity index is 434. The zero-order valence-corrected chi connectivity index (χ0v) is 10.1. The third kappa shape index (κ3) is 4.40. The normalized spacial score (nSPS) is 11.8. The highest BCUT2D eigenvalue weighted by Crippen LogP contribution is 2.19. The minimum atomic E-state index is -0.883. The molecule has 0 aliphatic carbocycles. The maximum Gasteiger partial charge on any atom is 0.305 e. The summed E-state index contributed by atoms with van der Waals surface area (Å²) in [6.45, 7) is 1.96. The number of aliphatic carboxylic acids is 1. The third-order valence-corrected chi connectivity index (χ3v) is 2.49. The van der Waals surface area contributed by atoms with Crippen LogP contribution in [0.2, 0.25) is 0 Å². The molecule has 0 saturated heterocycles. The number of benzene rings is 1. The fourth-order valence-corrected chi connectivity index (χ4v) is 1.73. The molecule has 0 heterocycles. The van der Waals surface area contributed by atoms with Crippen LogP contribution in [0.3, 0.4) is 0 Å². The molecule has 0 radical (unpaired) electrons. The zero-order chi connectivity index (χ0) is 13.5. The number of rotatable bonds is 7. The van der Waals surface area contributed by atoms with Gasteiger partial charge >= 0.3 is 5.97 Å². The molecular weight excluding hydrogens is 236 g/mol. The molecular formula is C12H16N2O4. The second kappa shape index (κ2) is 6.58. The fraction of sp³-hybridized carbons (Fsp3) is 0.417. The predicted molar refractivity (Wildman–Crippen MR) is 67.7 cm³/mol. The predicted octanol–water partition coefficient (Wildman–Crippen LogP) is 2.65. The van der Waals surface area contributed by atoms with Crippen molar-refractivity contribution in [2.75, 3.05) is 5.32 Å². The van der Waals surface area contributed by atoms with Crippen LogP contribution in [-0.2, 0) is 4.79 Å². The van der Waals surface area contributed by atoms with Crippen LogP contribution < -0.4 is 5.32 Å². The number of nitrogens with one attached hydrogen (secondary N) is 1. The lowest BCUT2D eigenvalue weighted by Gasteiger charge is -2.17. The molecule has 0 aliphatic heterocycles. The molecule has 0 saturated carbocycles. The van der Waals surface area contributed by atoms with Crippen LogP contribution >= 0.6 is 0 Å². The SMILES string of the molecule is CCCC(CC(=O)O)Nc1cccc([N+](=O)[O-])c1. The molecule has 0 fully saturated rings. The Morgan fingerprint density at radius 2 is 2.28 bits per heavy atom. The quantitative estimate of drug-likeness (QED) is 0.574. The molecule has 1 aromatic rings. The summed E-state index contributed by atoms with van der Waals surface area (Å²) in [5, 5.41) is 22.4. The number of nitro benzene ring substituents is 1. The minimum absolute atomic E-state index is 0.00344. The molecule has 6 nitrogen and oxygen atoms in total. The summed E-state index contributed by atoms with van der Waals surface area (Å²) >= 11 is 0. The molecule has 0 spiro atoms. The first-order valence-electron chi connectivity index (χ1n) is 5.75. The van der Waals surface area contributed by atoms with Crippen LogP contribution in [0.4, 0.5) is 11.4 Å². The average Bonchev–Trinajstić information content (AvgIpc) is 2.28. The van der Waals surface area contributed by atoms with Crippen molar-refractivity contribution in [1.29, 1.82) is 0 Å². The van der Waals surface area contributed by atoms with E-state index < -0.39 is 10.9 Å². The van der Waals surface area contributed by atoms with Gasteiger partial charge in [-0.2, -0.15) is 0 Å². The van der Waals surface area contributed by atoms with Crippen LogP contribution in [0.1, 0.15) is 26.2 Å². The Morgan fingerprint density at radius 3 is 2.83 bits per heavy atom. The highest BCUT2D eigenvalue weighted by Gasteiger charge is 2.13. The van der Waals surface area contributed by atoms with E-state index in [9.17, 15) is 14.9 Å². The lowest BCUT2D eigenvalue weighted by atomic mass is 10.1. The van der Waals surface area contributed by atoms with Crippen LogP contribution in [0.15, 0.2) is 24.3 Å². The van der Waals surface area contributed by atoms with Gasteiger partial charge in [0, 0.05) is 23.9 Å². The van der Waals surface area contributed by atoms with Crippen LogP contribution in [0.5, 0.6) is 0 Å². The van der Waals surface area contributed by atoms with E-state index in [0.717, 1.165) is 6.42 Å². The number of hydrogen-bond donors (Lipinski definition) is 2. The van der Waals surface area contributed by atoms with Gasteiger partial charge in [0.15, 0.2) is 0 Å². The molecule has 2 N–H and O–H groups in total. The van der Waals surface area contributed by atoms with Crippen molar-refractivity contribution in [3.8, 4) is 0 Å². The second-order valence-electron chi connectivity index (χ2n) is 4.04. The van der Waals surface area contributed by atoms with Crippen molar-refractivity contribution in [3.05, 3.63) is 34.4 Å². The van der Waals surface area contributed by atoms with Gasteiger partial charge in [-0.05, 0) is 12.5 Å². The first-order chi connectivity index (χ1) is 8.52. The van der Waals surface area contributed by atoms with Gasteiger partial charge in [-0.1, -0.05) is 19.4 Å². The molecule has 1 aromatic carbocycles. The smallest absolute Gasteiger partial charge is 0.305 e. The Labute approximate surface area is 105 Å². The van der Waals surface area contributed by atoms with Gasteiger partial charge in [-0.3, -0.25) is 14.9 Å². The lowest BCUT2D eigenvalue weighted by Crippen LogP contribution is -2.22. The first-order valence-corrected chi connectivity index (χ1v) is 5.75. The van der Waals surface area contributed by atoms with Gasteiger partial charge in [0.2, 0.25) is 0 Å². The van der Waals surface area contributed by atoms with E-state index in [0.29, 0.717) is 12.1 Å². The van der Waals surface area contributed by atoms with E-state index in [1.165, 1.54) is 12.1 Å². The molecule has 18 heavy (non-hydrogen) atoms. The highest BCUT2D eigenvalue weighted by atomic mass is 16.6. The number of carboxylic acid groups (broad SMARTS) is 1. The second-order valence-corrected chi connectivity index (χ2v) is 4.04. The number of nitrogens with zero attached hydrogens (tertiary/aromatic N) is 1. The number of nitro groups is 1. The summed E-state index contributed by atoms with van der Waals surface area (Å²) < 4.78 is 0. The standard InChI is InChI=1S/C12H16N2O4/c1-2-4-9(8-12(15)16)13-10-5-3-6-11(7-10)14(17)18/h3,5-7,9,13H,2,4,8H2,1H3,(H,15,16). The van der Waals surface area contributed by atoms with Crippen LogP contribution in [-0.4, -0.2) is 22.0 Å². The molecule has 1 unspecified atom stereocenters. The van der Waals surface area contributed by atoms with Crippen LogP contribution in [0, 0.1) is 10.1 Å². The average molecular weight is 252 g/mol. The summed E-state index contributed by atoms with van der Waals surface area (Å²) in [6.07, 6.45) is 1.55. The summed E-state index contributed by atoms with van der Waals surface area (Å²) in [4.78, 5) is 20.9. The number of carboxylic acids is 1. The molecule has 0 aliphatic rings. The largest absolute Gasteiger partial charge is 0.481 e. The topological polar surface area (TPSA) is 92.5 Å². The van der Waals surface area contributed by atoms with Crippen molar-refractivity contribution in [2.45, 2.75) is 32.2 Å². The van der Waals surface area contributed by atoms with Gasteiger partial charge in [0.05, 0.1) is 11.3 Å². The van der Waals surface area contributed by atoms with Crippen molar-refractivity contribution in [2.24, 2.45) is 0 Å². The summed E-state index contributed by atoms with van der Waals surface area (Å²) in [5.74, 6) is -0.883. The Hall–Kier alpha value is -2.11. The van der Waals surface area contributed by atoms with Crippen molar-refractivity contribution in [3.63, 3.8) is 0 Å². The van der Waals surface area contributed by atoms with Gasteiger partial charge in [0.1, 0.15) is 0 Å². The van der Waals surface area contributed by atoms with Gasteiger partial charge in [-0.15, -0.1) is 0 Å². The van der Waals surface area contributed by atoms with Gasteiger partial charge in [0.25, 0.3) is 5.69 Å². The molecule has 0 aromatic heterocycles. The monoisotopic (exact) mass is 252 g/mol. The first kappa shape index (κ1) is 14.0. The lowest BCUT2D eigenvalue weighted by molar-refractivity contribution is -0.384. The Kier molecular flexibility index (Phi) is 5.10. The van der Waals surface area contributed by atoms with E-state index in [2.05, 4.69) is 5.32 Å².